The maximum absolute atomic E-state index is 12.9. The zero-order chi connectivity index (χ0) is 19.5. The Balaban J connectivity index is 1.61. The molecule has 6 heteroatoms. The summed E-state index contributed by atoms with van der Waals surface area (Å²) >= 11 is 0. The molecule has 1 aromatic carbocycles. The average molecular weight is 373 g/mol. The number of nitrogen functional groups attached to an aromatic ring is 1. The van der Waals surface area contributed by atoms with Gasteiger partial charge in [0.1, 0.15) is 17.3 Å². The van der Waals surface area contributed by atoms with Crippen LogP contribution in [0.2, 0.25) is 0 Å². The zero-order valence-electron chi connectivity index (χ0n) is 15.7. The van der Waals surface area contributed by atoms with Gasteiger partial charge in [-0.3, -0.25) is 4.79 Å². The molecule has 4 rings (SSSR count). The molecule has 6 nitrogen and oxygen atoms in total. The van der Waals surface area contributed by atoms with Gasteiger partial charge in [0.25, 0.3) is 0 Å². The van der Waals surface area contributed by atoms with Crippen LogP contribution in [0.15, 0.2) is 66.9 Å². The lowest BCUT2D eigenvalue weighted by Gasteiger charge is -2.40. The van der Waals surface area contributed by atoms with E-state index in [0.717, 1.165) is 18.9 Å². The molecule has 3 heterocycles. The third kappa shape index (κ3) is 3.59. The largest absolute Gasteiger partial charge is 0.383 e. The van der Waals surface area contributed by atoms with Crippen molar-refractivity contribution in [2.24, 2.45) is 0 Å². The van der Waals surface area contributed by atoms with Gasteiger partial charge in [-0.1, -0.05) is 36.4 Å². The maximum Gasteiger partial charge on any atom is 0.215 e. The molecular weight excluding hydrogens is 350 g/mol. The number of hydrogen-bond donors (Lipinski definition) is 2. The van der Waals surface area contributed by atoms with E-state index in [-0.39, 0.29) is 23.7 Å². The molecule has 1 saturated heterocycles. The highest BCUT2D eigenvalue weighted by Crippen LogP contribution is 2.25. The first kappa shape index (κ1) is 18.1. The Hall–Kier alpha value is -3.25. The van der Waals surface area contributed by atoms with Crippen LogP contribution < -0.4 is 16.0 Å². The number of rotatable bonds is 4. The lowest BCUT2D eigenvalue weighted by Crippen LogP contribution is -2.51. The highest BCUT2D eigenvalue weighted by atomic mass is 16.1. The van der Waals surface area contributed by atoms with E-state index >= 15 is 0 Å². The van der Waals surface area contributed by atoms with E-state index in [1.54, 1.807) is 24.4 Å². The molecule has 142 valence electrons. The quantitative estimate of drug-likeness (QED) is 0.684. The molecule has 0 spiro atoms. The van der Waals surface area contributed by atoms with Crippen molar-refractivity contribution in [3.8, 4) is 0 Å². The van der Waals surface area contributed by atoms with Gasteiger partial charge < -0.3 is 16.0 Å². The number of carbonyl (C=O) groups is 1. The second-order valence-electron chi connectivity index (χ2n) is 7.02. The summed E-state index contributed by atoms with van der Waals surface area (Å²) in [5, 5.41) is 3.59. The van der Waals surface area contributed by atoms with Crippen molar-refractivity contribution >= 4 is 17.4 Å². The van der Waals surface area contributed by atoms with Crippen molar-refractivity contribution in [1.82, 2.24) is 15.3 Å². The summed E-state index contributed by atoms with van der Waals surface area (Å²) in [4.78, 5) is 23.8. The van der Waals surface area contributed by atoms with Crippen LogP contribution in [0.1, 0.15) is 34.6 Å². The molecule has 1 aliphatic rings. The number of nitrogens with zero attached hydrogens (tertiary/aromatic N) is 3. The molecule has 2 aromatic heterocycles. The van der Waals surface area contributed by atoms with Gasteiger partial charge in [-0.25, -0.2) is 9.97 Å². The smallest absolute Gasteiger partial charge is 0.215 e. The van der Waals surface area contributed by atoms with Gasteiger partial charge in [0, 0.05) is 31.4 Å². The Morgan fingerprint density at radius 3 is 2.71 bits per heavy atom. The summed E-state index contributed by atoms with van der Waals surface area (Å²) in [6, 6.07) is 19.8. The van der Waals surface area contributed by atoms with Crippen LogP contribution in [0.3, 0.4) is 0 Å². The number of carbonyl (C=O) groups excluding carboxylic acids is 1. The third-order valence-electron chi connectivity index (χ3n) is 5.12. The first-order chi connectivity index (χ1) is 13.6. The molecule has 0 bridgehead atoms. The Bertz CT molecular complexity index is 975. The van der Waals surface area contributed by atoms with Gasteiger partial charge in [-0.2, -0.15) is 0 Å². The standard InChI is InChI=1S/C22H23N5O/c1-15-13-25-19(16-7-3-2-4-8-16)14-27(15)20-11-5-10-18(26-20)21(28)17-9-6-12-24-22(17)23/h2-12,15,19,25H,13-14H2,1H3,(H2,23,24). The van der Waals surface area contributed by atoms with Crippen molar-refractivity contribution in [3.05, 3.63) is 83.7 Å². The van der Waals surface area contributed by atoms with E-state index in [1.807, 2.05) is 18.2 Å². The average Bonchev–Trinajstić information content (AvgIpc) is 2.75. The first-order valence-corrected chi connectivity index (χ1v) is 9.40. The van der Waals surface area contributed by atoms with Gasteiger partial charge >= 0.3 is 0 Å². The zero-order valence-corrected chi connectivity index (χ0v) is 15.7. The van der Waals surface area contributed by atoms with E-state index in [4.69, 9.17) is 5.73 Å². The predicted octanol–water partition coefficient (Wildman–Crippen LogP) is 2.83. The number of nitrogens with one attached hydrogen (secondary N) is 1. The lowest BCUT2D eigenvalue weighted by molar-refractivity contribution is 0.103. The summed E-state index contributed by atoms with van der Waals surface area (Å²) < 4.78 is 0. The number of pyridine rings is 2. The molecule has 3 aromatic rings. The fourth-order valence-corrected chi connectivity index (χ4v) is 3.55. The van der Waals surface area contributed by atoms with Crippen LogP contribution in [0.5, 0.6) is 0 Å². The summed E-state index contributed by atoms with van der Waals surface area (Å²) in [5.74, 6) is 0.803. The monoisotopic (exact) mass is 373 g/mol. The SMILES string of the molecule is CC1CNC(c2ccccc2)CN1c1cccc(C(=O)c2cccnc2N)n1. The number of anilines is 2. The van der Waals surface area contributed by atoms with E-state index < -0.39 is 0 Å². The summed E-state index contributed by atoms with van der Waals surface area (Å²) in [5.41, 5.74) is 7.86. The molecule has 28 heavy (non-hydrogen) atoms. The minimum Gasteiger partial charge on any atom is -0.383 e. The molecule has 0 saturated carbocycles. The topological polar surface area (TPSA) is 84.1 Å². The van der Waals surface area contributed by atoms with Crippen molar-refractivity contribution in [3.63, 3.8) is 0 Å². The van der Waals surface area contributed by atoms with Crippen molar-refractivity contribution in [2.75, 3.05) is 23.7 Å². The molecule has 1 aliphatic heterocycles. The molecule has 0 amide bonds. The van der Waals surface area contributed by atoms with Crippen LogP contribution in [0.25, 0.3) is 0 Å². The fraction of sp³-hybridized carbons (Fsp3) is 0.227. The summed E-state index contributed by atoms with van der Waals surface area (Å²) in [7, 11) is 0. The minimum atomic E-state index is -0.213. The fourth-order valence-electron chi connectivity index (χ4n) is 3.55. The lowest BCUT2D eigenvalue weighted by atomic mass is 10.0. The van der Waals surface area contributed by atoms with Gasteiger partial charge in [0.2, 0.25) is 5.78 Å². The van der Waals surface area contributed by atoms with E-state index in [0.29, 0.717) is 11.3 Å². The van der Waals surface area contributed by atoms with E-state index in [9.17, 15) is 4.79 Å². The number of ketones is 1. The van der Waals surface area contributed by atoms with Crippen LogP contribution in [-0.4, -0.2) is 34.9 Å². The highest BCUT2D eigenvalue weighted by Gasteiger charge is 2.27. The van der Waals surface area contributed by atoms with Crippen LogP contribution in [0, 0.1) is 0 Å². The molecule has 1 fully saturated rings. The Labute approximate surface area is 164 Å². The van der Waals surface area contributed by atoms with Crippen LogP contribution in [-0.2, 0) is 0 Å². The van der Waals surface area contributed by atoms with Crippen LogP contribution >= 0.6 is 0 Å². The number of nitrogens with two attached hydrogens (primary N) is 1. The number of benzene rings is 1. The highest BCUT2D eigenvalue weighted by molar-refractivity contribution is 6.10. The van der Waals surface area contributed by atoms with E-state index in [1.165, 1.54) is 5.56 Å². The third-order valence-corrected chi connectivity index (χ3v) is 5.12. The number of piperazine rings is 1. The van der Waals surface area contributed by atoms with Crippen molar-refractivity contribution in [2.45, 2.75) is 19.0 Å². The molecule has 2 atom stereocenters. The molecular formula is C22H23N5O. The van der Waals surface area contributed by atoms with Crippen LogP contribution in [0.4, 0.5) is 11.6 Å². The van der Waals surface area contributed by atoms with Crippen molar-refractivity contribution < 1.29 is 4.79 Å². The molecule has 2 unspecified atom stereocenters. The maximum atomic E-state index is 12.9. The Morgan fingerprint density at radius 2 is 1.93 bits per heavy atom. The van der Waals surface area contributed by atoms with Crippen molar-refractivity contribution in [1.29, 1.82) is 0 Å². The van der Waals surface area contributed by atoms with Gasteiger partial charge in [0.05, 0.1) is 5.56 Å². The normalized spacial score (nSPS) is 19.4. The van der Waals surface area contributed by atoms with E-state index in [2.05, 4.69) is 51.4 Å². The van der Waals surface area contributed by atoms with Gasteiger partial charge in [-0.15, -0.1) is 0 Å². The number of aromatic nitrogens is 2. The second-order valence-corrected chi connectivity index (χ2v) is 7.02. The molecule has 3 N–H and O–H groups in total. The predicted molar refractivity (Wildman–Crippen MR) is 110 cm³/mol. The summed E-state index contributed by atoms with van der Waals surface area (Å²) in [6.07, 6.45) is 1.57. The van der Waals surface area contributed by atoms with Gasteiger partial charge in [-0.05, 0) is 36.8 Å². The Morgan fingerprint density at radius 1 is 1.11 bits per heavy atom. The number of hydrogen-bond acceptors (Lipinski definition) is 6. The summed E-state index contributed by atoms with van der Waals surface area (Å²) in [6.45, 7) is 3.78. The Kier molecular flexibility index (Phi) is 5.04. The molecule has 0 radical (unpaired) electrons. The first-order valence-electron chi connectivity index (χ1n) is 9.40. The minimum absolute atomic E-state index is 0.213. The second kappa shape index (κ2) is 7.78. The van der Waals surface area contributed by atoms with Gasteiger partial charge in [0.15, 0.2) is 0 Å². The molecule has 0 aliphatic carbocycles.